The Morgan fingerprint density at radius 2 is 1.77 bits per heavy atom. The van der Waals surface area contributed by atoms with Crippen LogP contribution in [0.15, 0.2) is 71.9 Å². The van der Waals surface area contributed by atoms with Gasteiger partial charge in [-0.05, 0) is 71.8 Å². The van der Waals surface area contributed by atoms with Gasteiger partial charge in [-0.25, -0.2) is 13.1 Å². The number of carbonyl (C=O) groups is 1. The van der Waals surface area contributed by atoms with Crippen LogP contribution in [0.1, 0.15) is 21.5 Å². The van der Waals surface area contributed by atoms with E-state index in [1.165, 1.54) is 37.3 Å². The van der Waals surface area contributed by atoms with Gasteiger partial charge >= 0.3 is 0 Å². The van der Waals surface area contributed by atoms with E-state index in [0.717, 1.165) is 9.87 Å². The first-order valence-electron chi connectivity index (χ1n) is 10.6. The zero-order valence-corrected chi connectivity index (χ0v) is 20.4. The Labute approximate surface area is 203 Å². The summed E-state index contributed by atoms with van der Waals surface area (Å²) in [7, 11) is -1.05. The van der Waals surface area contributed by atoms with E-state index >= 15 is 0 Å². The van der Waals surface area contributed by atoms with Gasteiger partial charge in [-0.2, -0.15) is 0 Å². The molecule has 0 radical (unpaired) electrons. The van der Waals surface area contributed by atoms with Gasteiger partial charge in [0.25, 0.3) is 15.9 Å². The van der Waals surface area contributed by atoms with Gasteiger partial charge < -0.3 is 10.1 Å². The zero-order valence-electron chi connectivity index (χ0n) is 19.6. The molecule has 0 saturated carbocycles. The fourth-order valence-electron chi connectivity index (χ4n) is 3.54. The molecule has 0 saturated heterocycles. The topological polar surface area (TPSA) is 119 Å². The first kappa shape index (κ1) is 23.9. The van der Waals surface area contributed by atoms with Gasteiger partial charge in [-0.1, -0.05) is 24.3 Å². The maximum atomic E-state index is 13.4. The minimum Gasteiger partial charge on any atom is -0.495 e. The summed E-state index contributed by atoms with van der Waals surface area (Å²) < 4.78 is 34.7. The molecule has 0 aliphatic heterocycles. The van der Waals surface area contributed by atoms with Crippen molar-refractivity contribution in [3.63, 3.8) is 0 Å². The van der Waals surface area contributed by atoms with Crippen LogP contribution in [-0.4, -0.2) is 48.7 Å². The standard InChI is InChI=1S/C24H24N6O4S/c1-16-10-12-19(35(32,33)29(3)22-7-5-6-8-23(22)34-4)14-20(16)24(31)26-21-13-18(11-9-17(21)2)30-15-25-27-28-30/h5-15H,1-4H3,(H,26,31). The Morgan fingerprint density at radius 1 is 1.03 bits per heavy atom. The number of ether oxygens (including phenoxy) is 1. The van der Waals surface area contributed by atoms with Crippen molar-refractivity contribution in [2.24, 2.45) is 0 Å². The molecule has 1 heterocycles. The second kappa shape index (κ2) is 9.55. The molecular formula is C24H24N6O4S. The third kappa shape index (κ3) is 4.71. The quantitative estimate of drug-likeness (QED) is 0.420. The van der Waals surface area contributed by atoms with E-state index in [1.54, 1.807) is 43.3 Å². The normalized spacial score (nSPS) is 11.2. The second-order valence-corrected chi connectivity index (χ2v) is 9.80. The summed E-state index contributed by atoms with van der Waals surface area (Å²) >= 11 is 0. The average Bonchev–Trinajstić information content (AvgIpc) is 3.40. The second-order valence-electron chi connectivity index (χ2n) is 7.83. The van der Waals surface area contributed by atoms with E-state index in [4.69, 9.17) is 4.74 Å². The van der Waals surface area contributed by atoms with E-state index in [0.29, 0.717) is 28.4 Å². The van der Waals surface area contributed by atoms with Crippen molar-refractivity contribution in [3.8, 4) is 11.4 Å². The Kier molecular flexibility index (Phi) is 6.52. The summed E-state index contributed by atoms with van der Waals surface area (Å²) in [5.74, 6) is -0.0157. The first-order chi connectivity index (χ1) is 16.7. The molecule has 0 aliphatic rings. The molecule has 11 heteroatoms. The van der Waals surface area contributed by atoms with Crippen LogP contribution in [0.3, 0.4) is 0 Å². The third-order valence-corrected chi connectivity index (χ3v) is 7.39. The molecule has 1 amide bonds. The number of nitrogens with zero attached hydrogens (tertiary/aromatic N) is 5. The van der Waals surface area contributed by atoms with Crippen LogP contribution in [-0.2, 0) is 10.0 Å². The highest BCUT2D eigenvalue weighted by Crippen LogP contribution is 2.31. The van der Waals surface area contributed by atoms with E-state index in [2.05, 4.69) is 20.8 Å². The van der Waals surface area contributed by atoms with Crippen LogP contribution >= 0.6 is 0 Å². The lowest BCUT2D eigenvalue weighted by atomic mass is 10.1. The third-order valence-electron chi connectivity index (χ3n) is 5.62. The summed E-state index contributed by atoms with van der Waals surface area (Å²) in [4.78, 5) is 13.2. The molecule has 0 bridgehead atoms. The predicted octanol–water partition coefficient (Wildman–Crippen LogP) is 3.37. The number of hydrogen-bond acceptors (Lipinski definition) is 7. The highest BCUT2D eigenvalue weighted by Gasteiger charge is 2.25. The Hall–Kier alpha value is -4.25. The number of nitrogens with one attached hydrogen (secondary N) is 1. The highest BCUT2D eigenvalue weighted by molar-refractivity contribution is 7.92. The minimum atomic E-state index is -3.97. The molecule has 0 unspecified atom stereocenters. The Morgan fingerprint density at radius 3 is 2.49 bits per heavy atom. The summed E-state index contributed by atoms with van der Waals surface area (Å²) in [6.45, 7) is 3.61. The molecule has 4 aromatic rings. The molecular weight excluding hydrogens is 468 g/mol. The number of amides is 1. The number of hydrogen-bond donors (Lipinski definition) is 1. The number of anilines is 2. The van der Waals surface area contributed by atoms with Crippen LogP contribution in [0.4, 0.5) is 11.4 Å². The monoisotopic (exact) mass is 492 g/mol. The largest absolute Gasteiger partial charge is 0.495 e. The van der Waals surface area contributed by atoms with Gasteiger partial charge in [0.1, 0.15) is 12.1 Å². The molecule has 180 valence electrons. The number of aryl methyl sites for hydroxylation is 2. The molecule has 10 nitrogen and oxygen atoms in total. The number of para-hydroxylation sites is 2. The number of methoxy groups -OCH3 is 1. The Balaban J connectivity index is 1.66. The number of rotatable bonds is 7. The van der Waals surface area contributed by atoms with Crippen LogP contribution in [0.5, 0.6) is 5.75 Å². The molecule has 0 aliphatic carbocycles. The van der Waals surface area contributed by atoms with Crippen LogP contribution in [0, 0.1) is 13.8 Å². The Bertz CT molecular complexity index is 1490. The van der Waals surface area contributed by atoms with E-state index in [-0.39, 0.29) is 10.5 Å². The van der Waals surface area contributed by atoms with Crippen molar-refractivity contribution in [3.05, 3.63) is 83.7 Å². The minimum absolute atomic E-state index is 0.0131. The van der Waals surface area contributed by atoms with Gasteiger partial charge in [0.15, 0.2) is 0 Å². The molecule has 1 N–H and O–H groups in total. The van der Waals surface area contributed by atoms with Crippen molar-refractivity contribution in [2.75, 3.05) is 23.8 Å². The maximum Gasteiger partial charge on any atom is 0.264 e. The first-order valence-corrected chi connectivity index (χ1v) is 12.0. The number of tetrazole rings is 1. The summed E-state index contributed by atoms with van der Waals surface area (Å²) in [6.07, 6.45) is 1.45. The van der Waals surface area contributed by atoms with Gasteiger partial charge in [0.2, 0.25) is 0 Å². The number of carbonyl (C=O) groups excluding carboxylic acids is 1. The fourth-order valence-corrected chi connectivity index (χ4v) is 4.77. The lowest BCUT2D eigenvalue weighted by Crippen LogP contribution is -2.27. The van der Waals surface area contributed by atoms with E-state index < -0.39 is 15.9 Å². The molecule has 0 spiro atoms. The SMILES string of the molecule is COc1ccccc1N(C)S(=O)(=O)c1ccc(C)c(C(=O)Nc2cc(-n3cnnn3)ccc2C)c1. The van der Waals surface area contributed by atoms with Crippen molar-refractivity contribution in [2.45, 2.75) is 18.7 Å². The predicted molar refractivity (Wildman–Crippen MR) is 132 cm³/mol. The van der Waals surface area contributed by atoms with Crippen molar-refractivity contribution in [1.29, 1.82) is 0 Å². The summed E-state index contributed by atoms with van der Waals surface area (Å²) in [5.41, 5.74) is 3.32. The fraction of sp³-hybridized carbons (Fsp3) is 0.167. The van der Waals surface area contributed by atoms with Gasteiger partial charge in [-0.15, -0.1) is 5.10 Å². The number of benzene rings is 3. The summed E-state index contributed by atoms with van der Waals surface area (Å²) in [5, 5.41) is 14.0. The average molecular weight is 493 g/mol. The molecule has 0 atom stereocenters. The van der Waals surface area contributed by atoms with E-state index in [1.807, 2.05) is 19.1 Å². The number of aromatic nitrogens is 4. The molecule has 4 rings (SSSR count). The summed E-state index contributed by atoms with van der Waals surface area (Å²) in [6, 6.07) is 16.7. The molecule has 3 aromatic carbocycles. The van der Waals surface area contributed by atoms with Gasteiger partial charge in [0.05, 0.1) is 23.4 Å². The van der Waals surface area contributed by atoms with Crippen molar-refractivity contribution < 1.29 is 17.9 Å². The van der Waals surface area contributed by atoms with Crippen LogP contribution < -0.4 is 14.4 Å². The molecule has 1 aromatic heterocycles. The van der Waals surface area contributed by atoms with Crippen molar-refractivity contribution in [1.82, 2.24) is 20.2 Å². The molecule has 0 fully saturated rings. The maximum absolute atomic E-state index is 13.4. The lowest BCUT2D eigenvalue weighted by Gasteiger charge is -2.22. The van der Waals surface area contributed by atoms with Gasteiger partial charge in [0, 0.05) is 18.3 Å². The smallest absolute Gasteiger partial charge is 0.264 e. The van der Waals surface area contributed by atoms with Crippen LogP contribution in [0.25, 0.3) is 5.69 Å². The van der Waals surface area contributed by atoms with Crippen LogP contribution in [0.2, 0.25) is 0 Å². The highest BCUT2D eigenvalue weighted by atomic mass is 32.2. The number of sulfonamides is 1. The van der Waals surface area contributed by atoms with Gasteiger partial charge in [-0.3, -0.25) is 9.10 Å². The lowest BCUT2D eigenvalue weighted by molar-refractivity contribution is 0.102. The van der Waals surface area contributed by atoms with Crippen molar-refractivity contribution >= 4 is 27.3 Å². The zero-order chi connectivity index (χ0) is 25.2. The molecule has 35 heavy (non-hydrogen) atoms. The van der Waals surface area contributed by atoms with E-state index in [9.17, 15) is 13.2 Å².